The van der Waals surface area contributed by atoms with Crippen LogP contribution < -0.4 is 5.73 Å². The molecule has 1 atom stereocenters. The molecule has 1 saturated carbocycles. The molecule has 116 valence electrons. The van der Waals surface area contributed by atoms with Crippen molar-refractivity contribution in [3.63, 3.8) is 0 Å². The normalized spacial score (nSPS) is 16.5. The largest absolute Gasteiger partial charge is 0.348 e. The van der Waals surface area contributed by atoms with Crippen LogP contribution in [0.25, 0.3) is 0 Å². The lowest BCUT2D eigenvalue weighted by atomic mass is 10.0. The maximum Gasteiger partial charge on any atom is 0.243 e. The standard InChI is InChI=1S/C13H19N5O.C2H6/c14-11(6-10-7-15-8-16-10)13-17-12(18-19-13)5-9-3-1-2-4-9;1-2/h7-9,11H,1-6,14H2,(H,15,16);1-2H3. The Morgan fingerprint density at radius 2 is 2.14 bits per heavy atom. The van der Waals surface area contributed by atoms with E-state index < -0.39 is 0 Å². The molecule has 0 aromatic carbocycles. The number of nitrogens with one attached hydrogen (secondary N) is 1. The van der Waals surface area contributed by atoms with Gasteiger partial charge in [0.25, 0.3) is 0 Å². The molecule has 2 aromatic rings. The van der Waals surface area contributed by atoms with Crippen LogP contribution in [0.3, 0.4) is 0 Å². The van der Waals surface area contributed by atoms with E-state index in [1.165, 1.54) is 25.7 Å². The van der Waals surface area contributed by atoms with Gasteiger partial charge in [-0.25, -0.2) is 4.98 Å². The average molecular weight is 291 g/mol. The van der Waals surface area contributed by atoms with Crippen LogP contribution in [-0.4, -0.2) is 20.1 Å². The van der Waals surface area contributed by atoms with Crippen LogP contribution in [-0.2, 0) is 12.8 Å². The molecule has 2 heterocycles. The highest BCUT2D eigenvalue weighted by atomic mass is 16.5. The number of hydrogen-bond donors (Lipinski definition) is 2. The van der Waals surface area contributed by atoms with Crippen molar-refractivity contribution in [2.24, 2.45) is 11.7 Å². The van der Waals surface area contributed by atoms with Crippen LogP contribution in [0.5, 0.6) is 0 Å². The molecule has 0 spiro atoms. The first kappa shape index (κ1) is 15.7. The van der Waals surface area contributed by atoms with E-state index in [2.05, 4.69) is 20.1 Å². The maximum absolute atomic E-state index is 6.06. The van der Waals surface area contributed by atoms with Crippen molar-refractivity contribution in [3.05, 3.63) is 29.9 Å². The van der Waals surface area contributed by atoms with Crippen molar-refractivity contribution in [3.8, 4) is 0 Å². The third-order valence-electron chi connectivity index (χ3n) is 3.74. The Bertz CT molecular complexity index is 502. The van der Waals surface area contributed by atoms with Gasteiger partial charge in [0.2, 0.25) is 5.89 Å². The molecule has 0 saturated heterocycles. The molecule has 0 radical (unpaired) electrons. The van der Waals surface area contributed by atoms with Crippen LogP contribution in [0.2, 0.25) is 0 Å². The molecule has 1 unspecified atom stereocenters. The summed E-state index contributed by atoms with van der Waals surface area (Å²) in [6, 6.07) is -0.273. The number of nitrogens with two attached hydrogens (primary N) is 1. The van der Waals surface area contributed by atoms with Crippen molar-refractivity contribution in [1.29, 1.82) is 0 Å². The van der Waals surface area contributed by atoms with E-state index in [1.54, 1.807) is 12.5 Å². The van der Waals surface area contributed by atoms with Crippen molar-refractivity contribution in [2.45, 2.75) is 58.4 Å². The summed E-state index contributed by atoms with van der Waals surface area (Å²) in [7, 11) is 0. The Morgan fingerprint density at radius 3 is 2.81 bits per heavy atom. The summed E-state index contributed by atoms with van der Waals surface area (Å²) < 4.78 is 5.27. The van der Waals surface area contributed by atoms with Gasteiger partial charge in [0.15, 0.2) is 5.82 Å². The van der Waals surface area contributed by atoms with Gasteiger partial charge in [-0.1, -0.05) is 44.7 Å². The van der Waals surface area contributed by atoms with Crippen LogP contribution in [0.15, 0.2) is 17.0 Å². The Kier molecular flexibility index (Phi) is 5.92. The first-order chi connectivity index (χ1) is 10.3. The lowest BCUT2D eigenvalue weighted by molar-refractivity contribution is 0.347. The Labute approximate surface area is 125 Å². The van der Waals surface area contributed by atoms with E-state index in [0.717, 1.165) is 17.9 Å². The van der Waals surface area contributed by atoms with Gasteiger partial charge in [-0.15, -0.1) is 0 Å². The van der Waals surface area contributed by atoms with Gasteiger partial charge in [0.1, 0.15) is 0 Å². The van der Waals surface area contributed by atoms with E-state index in [9.17, 15) is 0 Å². The zero-order chi connectivity index (χ0) is 15.1. The summed E-state index contributed by atoms with van der Waals surface area (Å²) in [6.07, 6.45) is 10.2. The fourth-order valence-electron chi connectivity index (χ4n) is 2.69. The number of aromatic amines is 1. The second-order valence-electron chi connectivity index (χ2n) is 5.29. The zero-order valence-electron chi connectivity index (χ0n) is 12.9. The number of rotatable bonds is 5. The summed E-state index contributed by atoms with van der Waals surface area (Å²) >= 11 is 0. The number of H-pyrrole nitrogens is 1. The second-order valence-corrected chi connectivity index (χ2v) is 5.29. The molecule has 0 bridgehead atoms. The van der Waals surface area contributed by atoms with E-state index >= 15 is 0 Å². The summed E-state index contributed by atoms with van der Waals surface area (Å²) in [6.45, 7) is 4.00. The SMILES string of the molecule is CC.NC(Cc1cnc[nH]1)c1nc(CC2CCCC2)no1. The van der Waals surface area contributed by atoms with E-state index in [-0.39, 0.29) is 6.04 Å². The third kappa shape index (κ3) is 4.39. The lowest BCUT2D eigenvalue weighted by Gasteiger charge is -2.04. The average Bonchev–Trinajstić information content (AvgIpc) is 3.23. The maximum atomic E-state index is 6.06. The molecule has 2 aromatic heterocycles. The molecule has 0 aliphatic heterocycles. The molecule has 3 rings (SSSR count). The molecule has 3 N–H and O–H groups in total. The quantitative estimate of drug-likeness (QED) is 0.883. The molecule has 1 fully saturated rings. The minimum Gasteiger partial charge on any atom is -0.348 e. The van der Waals surface area contributed by atoms with Crippen molar-refractivity contribution in [1.82, 2.24) is 20.1 Å². The molecule has 1 aliphatic carbocycles. The minimum absolute atomic E-state index is 0.273. The van der Waals surface area contributed by atoms with Crippen molar-refractivity contribution < 1.29 is 4.52 Å². The summed E-state index contributed by atoms with van der Waals surface area (Å²) in [5.41, 5.74) is 7.04. The summed E-state index contributed by atoms with van der Waals surface area (Å²) in [5.74, 6) is 2.03. The summed E-state index contributed by atoms with van der Waals surface area (Å²) in [4.78, 5) is 11.4. The van der Waals surface area contributed by atoms with Gasteiger partial charge in [0.05, 0.1) is 12.4 Å². The molecular weight excluding hydrogens is 266 g/mol. The smallest absolute Gasteiger partial charge is 0.243 e. The van der Waals surface area contributed by atoms with E-state index in [0.29, 0.717) is 18.2 Å². The van der Waals surface area contributed by atoms with Gasteiger partial charge in [-0.05, 0) is 5.92 Å². The van der Waals surface area contributed by atoms with Gasteiger partial charge >= 0.3 is 0 Å². The zero-order valence-corrected chi connectivity index (χ0v) is 12.9. The van der Waals surface area contributed by atoms with Crippen LogP contribution in [0, 0.1) is 5.92 Å². The first-order valence-electron chi connectivity index (χ1n) is 7.86. The third-order valence-corrected chi connectivity index (χ3v) is 3.74. The van der Waals surface area contributed by atoms with Crippen molar-refractivity contribution in [2.75, 3.05) is 0 Å². The first-order valence-corrected chi connectivity index (χ1v) is 7.86. The Hall–Kier alpha value is -1.69. The second kappa shape index (κ2) is 7.93. The molecule has 0 amide bonds. The van der Waals surface area contributed by atoms with Gasteiger partial charge in [0, 0.05) is 24.7 Å². The van der Waals surface area contributed by atoms with Crippen molar-refractivity contribution >= 4 is 0 Å². The number of nitrogens with zero attached hydrogens (tertiary/aromatic N) is 3. The Morgan fingerprint density at radius 1 is 1.38 bits per heavy atom. The monoisotopic (exact) mass is 291 g/mol. The number of hydrogen-bond acceptors (Lipinski definition) is 5. The fraction of sp³-hybridized carbons (Fsp3) is 0.667. The number of imidazole rings is 1. The van der Waals surface area contributed by atoms with E-state index in [4.69, 9.17) is 10.3 Å². The fourth-order valence-corrected chi connectivity index (χ4v) is 2.69. The minimum atomic E-state index is -0.273. The number of aromatic nitrogens is 4. The summed E-state index contributed by atoms with van der Waals surface area (Å²) in [5, 5.41) is 4.04. The van der Waals surface area contributed by atoms with Gasteiger partial charge in [-0.3, -0.25) is 0 Å². The Balaban J connectivity index is 0.000000774. The van der Waals surface area contributed by atoms with Crippen LogP contribution >= 0.6 is 0 Å². The van der Waals surface area contributed by atoms with Crippen LogP contribution in [0.1, 0.15) is 63.0 Å². The molecule has 21 heavy (non-hydrogen) atoms. The highest BCUT2D eigenvalue weighted by molar-refractivity contribution is 5.02. The van der Waals surface area contributed by atoms with Gasteiger partial charge < -0.3 is 15.2 Å². The molecule has 6 heteroatoms. The molecule has 6 nitrogen and oxygen atoms in total. The van der Waals surface area contributed by atoms with Crippen LogP contribution in [0.4, 0.5) is 0 Å². The predicted molar refractivity (Wildman–Crippen MR) is 80.5 cm³/mol. The highest BCUT2D eigenvalue weighted by Gasteiger charge is 2.20. The predicted octanol–water partition coefficient (Wildman–Crippen LogP) is 2.79. The van der Waals surface area contributed by atoms with E-state index in [1.807, 2.05) is 13.8 Å². The van der Waals surface area contributed by atoms with Gasteiger partial charge in [-0.2, -0.15) is 4.98 Å². The molecular formula is C15H25N5O. The lowest BCUT2D eigenvalue weighted by Crippen LogP contribution is -2.14. The highest BCUT2D eigenvalue weighted by Crippen LogP contribution is 2.27. The topological polar surface area (TPSA) is 93.6 Å². The molecule has 1 aliphatic rings.